The average Bonchev–Trinajstić information content (AvgIpc) is 3.18. The highest BCUT2D eigenvalue weighted by molar-refractivity contribution is 14.0. The van der Waals surface area contributed by atoms with Crippen LogP contribution in [0.25, 0.3) is 0 Å². The summed E-state index contributed by atoms with van der Waals surface area (Å²) in [6.45, 7) is 4.86. The van der Waals surface area contributed by atoms with Crippen molar-refractivity contribution in [1.82, 2.24) is 25.0 Å². The van der Waals surface area contributed by atoms with Gasteiger partial charge in [0.05, 0.1) is 6.54 Å². The van der Waals surface area contributed by atoms with Crippen LogP contribution in [0.3, 0.4) is 0 Å². The maximum atomic E-state index is 4.42. The fourth-order valence-corrected chi connectivity index (χ4v) is 3.21. The van der Waals surface area contributed by atoms with Crippen LogP contribution in [-0.2, 0) is 13.6 Å². The Morgan fingerprint density at radius 1 is 1.38 bits per heavy atom. The fourth-order valence-electron chi connectivity index (χ4n) is 3.21. The molecule has 1 aromatic heterocycles. The zero-order valence-corrected chi connectivity index (χ0v) is 16.8. The molecule has 6 nitrogen and oxygen atoms in total. The summed E-state index contributed by atoms with van der Waals surface area (Å²) >= 11 is 0. The van der Waals surface area contributed by atoms with Gasteiger partial charge in [-0.1, -0.05) is 24.3 Å². The number of guanidine groups is 1. The smallest absolute Gasteiger partial charge is 0.194 e. The standard InChI is InChI=1S/C17H24N6.HI/c1-13-6-4-5-7-15(13)14-8-9-23(11-14)17(18-2)19-10-16-21-20-12-22(16)3;/h4-7,12,14H,8-11H2,1-3H3,(H,18,19);1H. The van der Waals surface area contributed by atoms with E-state index in [4.69, 9.17) is 0 Å². The molecule has 1 unspecified atom stereocenters. The first-order valence-corrected chi connectivity index (χ1v) is 8.03. The highest BCUT2D eigenvalue weighted by atomic mass is 127. The van der Waals surface area contributed by atoms with Crippen LogP contribution >= 0.6 is 24.0 Å². The normalized spacial score (nSPS) is 17.7. The van der Waals surface area contributed by atoms with E-state index in [1.165, 1.54) is 11.1 Å². The second-order valence-electron chi connectivity index (χ2n) is 6.05. The van der Waals surface area contributed by atoms with Crippen molar-refractivity contribution in [2.45, 2.75) is 25.8 Å². The van der Waals surface area contributed by atoms with Gasteiger partial charge in [-0.25, -0.2) is 0 Å². The van der Waals surface area contributed by atoms with Crippen molar-refractivity contribution in [1.29, 1.82) is 0 Å². The van der Waals surface area contributed by atoms with Crippen molar-refractivity contribution < 1.29 is 0 Å². The first-order chi connectivity index (χ1) is 11.2. The largest absolute Gasteiger partial charge is 0.349 e. The van der Waals surface area contributed by atoms with Crippen molar-refractivity contribution in [3.63, 3.8) is 0 Å². The van der Waals surface area contributed by atoms with Gasteiger partial charge in [0.2, 0.25) is 0 Å². The molecule has 3 rings (SSSR count). The number of aromatic nitrogens is 3. The molecule has 1 atom stereocenters. The lowest BCUT2D eigenvalue weighted by atomic mass is 9.94. The van der Waals surface area contributed by atoms with Gasteiger partial charge in [0, 0.05) is 33.1 Å². The summed E-state index contributed by atoms with van der Waals surface area (Å²) < 4.78 is 1.92. The third-order valence-corrected chi connectivity index (χ3v) is 4.54. The summed E-state index contributed by atoms with van der Waals surface area (Å²) in [7, 11) is 3.78. The SMILES string of the molecule is CN=C(NCc1nncn1C)N1CCC(c2ccccc2C)C1.I. The molecule has 1 saturated heterocycles. The van der Waals surface area contributed by atoms with E-state index in [1.54, 1.807) is 6.33 Å². The lowest BCUT2D eigenvalue weighted by Gasteiger charge is -2.22. The summed E-state index contributed by atoms with van der Waals surface area (Å²) in [5.74, 6) is 2.41. The predicted octanol–water partition coefficient (Wildman–Crippen LogP) is 2.31. The first kappa shape index (κ1) is 18.7. The van der Waals surface area contributed by atoms with Crippen LogP contribution in [-0.4, -0.2) is 45.8 Å². The molecule has 0 spiro atoms. The summed E-state index contributed by atoms with van der Waals surface area (Å²) in [6, 6.07) is 8.68. The fraction of sp³-hybridized carbons (Fsp3) is 0.471. The van der Waals surface area contributed by atoms with E-state index in [9.17, 15) is 0 Å². The van der Waals surface area contributed by atoms with Gasteiger partial charge in [-0.05, 0) is 24.5 Å². The molecule has 0 saturated carbocycles. The van der Waals surface area contributed by atoms with Crippen LogP contribution in [0.1, 0.15) is 29.3 Å². The monoisotopic (exact) mass is 440 g/mol. The lowest BCUT2D eigenvalue weighted by Crippen LogP contribution is -2.40. The molecular weight excluding hydrogens is 415 g/mol. The van der Waals surface area contributed by atoms with Gasteiger partial charge in [-0.3, -0.25) is 4.99 Å². The molecule has 1 N–H and O–H groups in total. The molecule has 0 aliphatic carbocycles. The number of halogens is 1. The van der Waals surface area contributed by atoms with Crippen molar-refractivity contribution in [3.05, 3.63) is 47.5 Å². The molecule has 130 valence electrons. The Morgan fingerprint density at radius 3 is 2.83 bits per heavy atom. The van der Waals surface area contributed by atoms with Crippen LogP contribution in [0.15, 0.2) is 35.6 Å². The number of hydrogen-bond donors (Lipinski definition) is 1. The van der Waals surface area contributed by atoms with E-state index in [0.717, 1.165) is 31.3 Å². The van der Waals surface area contributed by atoms with Crippen molar-refractivity contribution >= 4 is 29.9 Å². The van der Waals surface area contributed by atoms with Crippen molar-refractivity contribution in [2.24, 2.45) is 12.0 Å². The number of rotatable bonds is 3. The highest BCUT2D eigenvalue weighted by Crippen LogP contribution is 2.29. The number of hydrogen-bond acceptors (Lipinski definition) is 3. The second kappa shape index (κ2) is 8.46. The molecule has 2 aromatic rings. The van der Waals surface area contributed by atoms with Crippen LogP contribution in [0.4, 0.5) is 0 Å². The van der Waals surface area contributed by atoms with Crippen molar-refractivity contribution in [2.75, 3.05) is 20.1 Å². The zero-order chi connectivity index (χ0) is 16.2. The Morgan fingerprint density at radius 2 is 2.17 bits per heavy atom. The van der Waals surface area contributed by atoms with Gasteiger partial charge in [-0.2, -0.15) is 0 Å². The van der Waals surface area contributed by atoms with Gasteiger partial charge >= 0.3 is 0 Å². The Hall–Kier alpha value is -1.64. The van der Waals surface area contributed by atoms with E-state index in [2.05, 4.69) is 56.6 Å². The third kappa shape index (κ3) is 4.06. The number of likely N-dealkylation sites (tertiary alicyclic amines) is 1. The minimum Gasteiger partial charge on any atom is -0.349 e. The predicted molar refractivity (Wildman–Crippen MR) is 107 cm³/mol. The lowest BCUT2D eigenvalue weighted by molar-refractivity contribution is 0.483. The average molecular weight is 440 g/mol. The molecule has 0 radical (unpaired) electrons. The molecular formula is C17H25IN6. The first-order valence-electron chi connectivity index (χ1n) is 8.03. The maximum Gasteiger partial charge on any atom is 0.194 e. The number of benzene rings is 1. The van der Waals surface area contributed by atoms with Crippen LogP contribution in [0.5, 0.6) is 0 Å². The van der Waals surface area contributed by atoms with Crippen LogP contribution < -0.4 is 5.32 Å². The third-order valence-electron chi connectivity index (χ3n) is 4.54. The number of aliphatic imine (C=N–C) groups is 1. The summed E-state index contributed by atoms with van der Waals surface area (Å²) in [6.07, 6.45) is 2.87. The Kier molecular flexibility index (Phi) is 6.59. The van der Waals surface area contributed by atoms with E-state index in [1.807, 2.05) is 18.7 Å². The second-order valence-corrected chi connectivity index (χ2v) is 6.05. The summed E-state index contributed by atoms with van der Waals surface area (Å²) in [5, 5.41) is 11.4. The number of nitrogens with zero attached hydrogens (tertiary/aromatic N) is 5. The quantitative estimate of drug-likeness (QED) is 0.452. The van der Waals surface area contributed by atoms with Crippen molar-refractivity contribution in [3.8, 4) is 0 Å². The van der Waals surface area contributed by atoms with E-state index in [0.29, 0.717) is 12.5 Å². The molecule has 0 bridgehead atoms. The van der Waals surface area contributed by atoms with Gasteiger partial charge in [0.25, 0.3) is 0 Å². The van der Waals surface area contributed by atoms with E-state index >= 15 is 0 Å². The minimum atomic E-state index is 0. The summed E-state index contributed by atoms with van der Waals surface area (Å²) in [5.41, 5.74) is 2.83. The number of nitrogens with one attached hydrogen (secondary N) is 1. The van der Waals surface area contributed by atoms with Gasteiger partial charge < -0.3 is 14.8 Å². The van der Waals surface area contributed by atoms with Crippen LogP contribution in [0, 0.1) is 6.92 Å². The van der Waals surface area contributed by atoms with Crippen LogP contribution in [0.2, 0.25) is 0 Å². The maximum absolute atomic E-state index is 4.42. The zero-order valence-electron chi connectivity index (χ0n) is 14.4. The molecule has 1 fully saturated rings. The number of aryl methyl sites for hydroxylation is 2. The topological polar surface area (TPSA) is 58.3 Å². The van der Waals surface area contributed by atoms with Gasteiger partial charge in [0.15, 0.2) is 11.8 Å². The minimum absolute atomic E-state index is 0. The molecule has 0 amide bonds. The molecule has 24 heavy (non-hydrogen) atoms. The summed E-state index contributed by atoms with van der Waals surface area (Å²) in [4.78, 5) is 6.75. The molecule has 7 heteroatoms. The van der Waals surface area contributed by atoms with Gasteiger partial charge in [0.1, 0.15) is 6.33 Å². The molecule has 1 aliphatic rings. The Labute approximate surface area is 160 Å². The Balaban J connectivity index is 0.00000208. The molecule has 1 aromatic carbocycles. The van der Waals surface area contributed by atoms with E-state index in [-0.39, 0.29) is 24.0 Å². The van der Waals surface area contributed by atoms with Gasteiger partial charge in [-0.15, -0.1) is 34.2 Å². The Bertz CT molecular complexity index is 696. The molecule has 1 aliphatic heterocycles. The molecule has 2 heterocycles. The highest BCUT2D eigenvalue weighted by Gasteiger charge is 2.26. The van der Waals surface area contributed by atoms with E-state index < -0.39 is 0 Å².